The number of ether oxygens (including phenoxy) is 2. The van der Waals surface area contributed by atoms with Gasteiger partial charge in [-0.2, -0.15) is 0 Å². The van der Waals surface area contributed by atoms with Crippen molar-refractivity contribution in [3.63, 3.8) is 0 Å². The van der Waals surface area contributed by atoms with Crippen LogP contribution in [0.25, 0.3) is 0 Å². The lowest BCUT2D eigenvalue weighted by Gasteiger charge is -2.41. The van der Waals surface area contributed by atoms with Gasteiger partial charge in [0.05, 0.1) is 6.10 Å². The summed E-state index contributed by atoms with van der Waals surface area (Å²) in [6.07, 6.45) is -0.0809. The van der Waals surface area contributed by atoms with Crippen molar-refractivity contribution in [2.24, 2.45) is 17.8 Å². The molecule has 0 radical (unpaired) electrons. The van der Waals surface area contributed by atoms with Crippen molar-refractivity contribution in [1.29, 1.82) is 0 Å². The fourth-order valence-electron chi connectivity index (χ4n) is 1.86. The van der Waals surface area contributed by atoms with Crippen molar-refractivity contribution < 1.29 is 14.3 Å². The normalized spacial score (nSPS) is 41.3. The van der Waals surface area contributed by atoms with Crippen molar-refractivity contribution in [3.8, 4) is 0 Å². The zero-order valence-electron chi connectivity index (χ0n) is 9.70. The molecule has 0 bridgehead atoms. The molecule has 5 atom stereocenters. The maximum Gasteiger partial charge on any atom is 0.302 e. The molecular formula is C11H19ClO3. The fourth-order valence-corrected chi connectivity index (χ4v) is 2.22. The lowest BCUT2D eigenvalue weighted by Crippen LogP contribution is -2.44. The predicted octanol–water partition coefficient (Wildman–Crippen LogP) is 2.42. The summed E-state index contributed by atoms with van der Waals surface area (Å²) in [5.41, 5.74) is -0.281. The first-order chi connectivity index (χ1) is 6.93. The largest absolute Gasteiger partial charge is 0.463 e. The molecule has 1 heterocycles. The Kier molecular flexibility index (Phi) is 4.41. The van der Waals surface area contributed by atoms with E-state index in [1.165, 1.54) is 6.92 Å². The predicted molar refractivity (Wildman–Crippen MR) is 58.6 cm³/mol. The number of rotatable bonds is 2. The van der Waals surface area contributed by atoms with Gasteiger partial charge in [0.25, 0.3) is 0 Å². The summed E-state index contributed by atoms with van der Waals surface area (Å²) in [4.78, 5) is 10.7. The van der Waals surface area contributed by atoms with Gasteiger partial charge in [0.1, 0.15) is 12.2 Å². The van der Waals surface area contributed by atoms with Crippen LogP contribution < -0.4 is 0 Å². The van der Waals surface area contributed by atoms with E-state index < -0.39 is 0 Å². The fraction of sp³-hybridized carbons (Fsp3) is 0.909. The minimum absolute atomic E-state index is 0.0809. The van der Waals surface area contributed by atoms with E-state index in [0.717, 1.165) is 0 Å². The standard InChI is InChI=1S/C11H19ClO3/c1-6-7(2)10(5-14-9(4)13)15-11(12)8(6)3/h6-8,10-11H,5H2,1-4H3/t6-,7+,8?,10?,11+/m0/s1. The second-order valence-corrected chi connectivity index (χ2v) is 4.84. The van der Waals surface area contributed by atoms with E-state index in [1.54, 1.807) is 0 Å². The summed E-state index contributed by atoms with van der Waals surface area (Å²) in [7, 11) is 0. The molecule has 1 aliphatic rings. The number of hydrogen-bond acceptors (Lipinski definition) is 3. The second kappa shape index (κ2) is 5.17. The van der Waals surface area contributed by atoms with Crippen LogP contribution in [0, 0.1) is 17.8 Å². The highest BCUT2D eigenvalue weighted by molar-refractivity contribution is 6.19. The van der Waals surface area contributed by atoms with E-state index in [1.807, 2.05) is 0 Å². The molecule has 1 fully saturated rings. The van der Waals surface area contributed by atoms with Gasteiger partial charge >= 0.3 is 5.97 Å². The smallest absolute Gasteiger partial charge is 0.302 e. The lowest BCUT2D eigenvalue weighted by atomic mass is 9.80. The maximum absolute atomic E-state index is 10.7. The summed E-state index contributed by atoms with van der Waals surface area (Å²) in [6, 6.07) is 0. The van der Waals surface area contributed by atoms with Gasteiger partial charge in [0.15, 0.2) is 0 Å². The van der Waals surface area contributed by atoms with Crippen LogP contribution in [0.1, 0.15) is 27.7 Å². The Labute approximate surface area is 96.1 Å². The average Bonchev–Trinajstić information content (AvgIpc) is 2.18. The number of hydrogen-bond donors (Lipinski definition) is 0. The third-order valence-corrected chi connectivity index (χ3v) is 3.91. The molecule has 3 nitrogen and oxygen atoms in total. The topological polar surface area (TPSA) is 35.5 Å². The molecule has 1 aliphatic heterocycles. The summed E-state index contributed by atoms with van der Waals surface area (Å²) in [6.45, 7) is 8.06. The van der Waals surface area contributed by atoms with Crippen LogP contribution in [0.2, 0.25) is 0 Å². The highest BCUT2D eigenvalue weighted by Crippen LogP contribution is 2.36. The van der Waals surface area contributed by atoms with E-state index in [-0.39, 0.29) is 17.6 Å². The number of halogens is 1. The van der Waals surface area contributed by atoms with Crippen LogP contribution in [-0.4, -0.2) is 24.2 Å². The van der Waals surface area contributed by atoms with E-state index in [0.29, 0.717) is 24.4 Å². The molecule has 0 saturated carbocycles. The Balaban J connectivity index is 2.54. The first-order valence-corrected chi connectivity index (χ1v) is 5.80. The van der Waals surface area contributed by atoms with Gasteiger partial charge in [-0.25, -0.2) is 0 Å². The molecule has 4 heteroatoms. The van der Waals surface area contributed by atoms with Crippen LogP contribution in [0.5, 0.6) is 0 Å². The maximum atomic E-state index is 10.7. The first kappa shape index (κ1) is 12.8. The van der Waals surface area contributed by atoms with Crippen molar-refractivity contribution >= 4 is 17.6 Å². The number of alkyl halides is 1. The minimum atomic E-state index is -0.281. The molecule has 1 rings (SSSR count). The highest BCUT2D eigenvalue weighted by Gasteiger charge is 2.38. The van der Waals surface area contributed by atoms with E-state index in [2.05, 4.69) is 20.8 Å². The molecule has 0 spiro atoms. The molecule has 15 heavy (non-hydrogen) atoms. The second-order valence-electron chi connectivity index (χ2n) is 4.41. The molecule has 0 aromatic heterocycles. The number of carbonyl (C=O) groups excluding carboxylic acids is 1. The van der Waals surface area contributed by atoms with Crippen molar-refractivity contribution in [3.05, 3.63) is 0 Å². The van der Waals surface area contributed by atoms with Crippen LogP contribution in [0.4, 0.5) is 0 Å². The number of esters is 1. The molecule has 0 aromatic carbocycles. The zero-order valence-corrected chi connectivity index (χ0v) is 10.5. The van der Waals surface area contributed by atoms with E-state index in [4.69, 9.17) is 21.1 Å². The molecule has 2 unspecified atom stereocenters. The molecule has 0 aliphatic carbocycles. The van der Waals surface area contributed by atoms with E-state index in [9.17, 15) is 4.79 Å². The highest BCUT2D eigenvalue weighted by atomic mass is 35.5. The molecule has 0 amide bonds. The van der Waals surface area contributed by atoms with Gasteiger partial charge in [-0.3, -0.25) is 4.79 Å². The first-order valence-electron chi connectivity index (χ1n) is 5.36. The zero-order chi connectivity index (χ0) is 11.6. The SMILES string of the molecule is CC(=O)OCC1O[C@@H](Cl)C(C)[C@@H](C)[C@H]1C. The summed E-state index contributed by atoms with van der Waals surface area (Å²) in [5, 5.41) is 0. The van der Waals surface area contributed by atoms with E-state index >= 15 is 0 Å². The number of carbonyl (C=O) groups is 1. The monoisotopic (exact) mass is 234 g/mol. The quantitative estimate of drug-likeness (QED) is 0.544. The van der Waals surface area contributed by atoms with Gasteiger partial charge in [-0.1, -0.05) is 32.4 Å². The van der Waals surface area contributed by atoms with Gasteiger partial charge in [0, 0.05) is 6.92 Å². The molecular weight excluding hydrogens is 216 g/mol. The van der Waals surface area contributed by atoms with Crippen molar-refractivity contribution in [2.45, 2.75) is 39.4 Å². The van der Waals surface area contributed by atoms with Gasteiger partial charge < -0.3 is 9.47 Å². The van der Waals surface area contributed by atoms with Crippen LogP contribution in [0.15, 0.2) is 0 Å². The Morgan fingerprint density at radius 1 is 1.27 bits per heavy atom. The van der Waals surface area contributed by atoms with Crippen LogP contribution in [0.3, 0.4) is 0 Å². The van der Waals surface area contributed by atoms with Crippen molar-refractivity contribution in [1.82, 2.24) is 0 Å². The Bertz CT molecular complexity index is 232. The summed E-state index contributed by atoms with van der Waals surface area (Å²) >= 11 is 6.07. The molecule has 0 N–H and O–H groups in total. The Hall–Kier alpha value is -0.280. The third kappa shape index (κ3) is 3.08. The Morgan fingerprint density at radius 3 is 2.40 bits per heavy atom. The molecule has 0 aromatic rings. The van der Waals surface area contributed by atoms with Crippen LogP contribution >= 0.6 is 11.6 Å². The van der Waals surface area contributed by atoms with Gasteiger partial charge in [-0.05, 0) is 17.8 Å². The minimum Gasteiger partial charge on any atom is -0.463 e. The molecule has 1 saturated heterocycles. The van der Waals surface area contributed by atoms with Gasteiger partial charge in [-0.15, -0.1) is 0 Å². The van der Waals surface area contributed by atoms with Crippen molar-refractivity contribution in [2.75, 3.05) is 6.61 Å². The average molecular weight is 235 g/mol. The summed E-state index contributed by atoms with van der Waals surface area (Å²) in [5.74, 6) is 0.884. The summed E-state index contributed by atoms with van der Waals surface area (Å²) < 4.78 is 10.6. The Morgan fingerprint density at radius 2 is 1.87 bits per heavy atom. The van der Waals surface area contributed by atoms with Gasteiger partial charge in [0.2, 0.25) is 0 Å². The van der Waals surface area contributed by atoms with Crippen LogP contribution in [-0.2, 0) is 14.3 Å². The lowest BCUT2D eigenvalue weighted by molar-refractivity contribution is -0.157. The third-order valence-electron chi connectivity index (χ3n) is 3.41. The molecule has 88 valence electrons.